The summed E-state index contributed by atoms with van der Waals surface area (Å²) in [6.45, 7) is 0.509. The molecular weight excluding hydrogens is 372 g/mol. The number of anilines is 1. The molecule has 0 saturated heterocycles. The van der Waals surface area contributed by atoms with E-state index in [1.54, 1.807) is 6.20 Å². The smallest absolute Gasteiger partial charge is 0.245 e. The van der Waals surface area contributed by atoms with E-state index in [1.807, 2.05) is 65.4 Å². The molecule has 5 rings (SSSR count). The summed E-state index contributed by atoms with van der Waals surface area (Å²) in [5.41, 5.74) is 2.54. The zero-order valence-corrected chi connectivity index (χ0v) is 16.4. The van der Waals surface area contributed by atoms with Gasteiger partial charge >= 0.3 is 0 Å². The number of carbonyl (C=O) groups excluding carboxylic acids is 1. The van der Waals surface area contributed by atoms with Crippen LogP contribution in [0.1, 0.15) is 16.7 Å². The Bertz CT molecular complexity index is 1040. The average Bonchev–Trinajstić information content (AvgIpc) is 3.26. The minimum Gasteiger partial charge on any atom is -0.315 e. The lowest BCUT2D eigenvalue weighted by atomic mass is 9.76. The summed E-state index contributed by atoms with van der Waals surface area (Å²) in [6, 6.07) is 30.4. The van der Waals surface area contributed by atoms with Gasteiger partial charge in [0.05, 0.1) is 5.54 Å². The lowest BCUT2D eigenvalue weighted by Crippen LogP contribution is -2.56. The van der Waals surface area contributed by atoms with Crippen LogP contribution < -0.4 is 10.6 Å². The van der Waals surface area contributed by atoms with Crippen LogP contribution in [-0.2, 0) is 16.9 Å². The van der Waals surface area contributed by atoms with Gasteiger partial charge in [-0.15, -0.1) is 0 Å². The lowest BCUT2D eigenvalue weighted by molar-refractivity contribution is -0.119. The van der Waals surface area contributed by atoms with Crippen LogP contribution in [0, 0.1) is 0 Å². The molecule has 0 fully saturated rings. The first-order chi connectivity index (χ1) is 14.8. The van der Waals surface area contributed by atoms with E-state index in [-0.39, 0.29) is 5.91 Å². The third kappa shape index (κ3) is 3.09. The van der Waals surface area contributed by atoms with Gasteiger partial charge in [-0.3, -0.25) is 15.4 Å². The van der Waals surface area contributed by atoms with E-state index in [9.17, 15) is 4.79 Å². The fourth-order valence-electron chi connectivity index (χ4n) is 4.24. The second-order valence-corrected chi connectivity index (χ2v) is 7.44. The summed E-state index contributed by atoms with van der Waals surface area (Å²) in [4.78, 5) is 17.2. The monoisotopic (exact) mass is 394 g/mol. The molecule has 1 aliphatic heterocycles. The Hall–Kier alpha value is -3.70. The molecule has 0 radical (unpaired) electrons. The largest absolute Gasteiger partial charge is 0.315 e. The van der Waals surface area contributed by atoms with Gasteiger partial charge in [0.2, 0.25) is 11.9 Å². The number of fused-ring (bicyclic) bond motifs is 1. The molecule has 2 heterocycles. The summed E-state index contributed by atoms with van der Waals surface area (Å²) in [5.74, 6) is 0.503. The topological polar surface area (TPSA) is 59.0 Å². The standard InChI is InChI=1S/C25H22N4O/c30-23-22(18-29-17-16-26-24(29)27-23)28-25(19-10-4-1-5-11-19,20-12-6-2-7-13-20)21-14-8-3-9-15-21/h1-17,22,28H,18H2,(H,26,27,30)/t22-/m0/s1. The van der Waals surface area contributed by atoms with Crippen LogP contribution >= 0.6 is 0 Å². The highest BCUT2D eigenvalue weighted by Crippen LogP contribution is 2.37. The molecule has 2 N–H and O–H groups in total. The molecule has 1 atom stereocenters. The third-order valence-electron chi connectivity index (χ3n) is 5.66. The summed E-state index contributed by atoms with van der Waals surface area (Å²) >= 11 is 0. The van der Waals surface area contributed by atoms with Crippen molar-refractivity contribution in [1.29, 1.82) is 0 Å². The predicted molar refractivity (Wildman–Crippen MR) is 117 cm³/mol. The molecular formula is C25H22N4O. The molecule has 0 bridgehead atoms. The first-order valence-electron chi connectivity index (χ1n) is 10.0. The number of rotatable bonds is 5. The molecule has 5 heteroatoms. The van der Waals surface area contributed by atoms with Crippen LogP contribution in [0.4, 0.5) is 5.95 Å². The van der Waals surface area contributed by atoms with Gasteiger partial charge in [0.25, 0.3) is 0 Å². The number of hydrogen-bond acceptors (Lipinski definition) is 3. The Morgan fingerprint density at radius 1 is 0.833 bits per heavy atom. The maximum absolute atomic E-state index is 13.0. The van der Waals surface area contributed by atoms with E-state index in [2.05, 4.69) is 52.0 Å². The van der Waals surface area contributed by atoms with Crippen LogP contribution in [0.3, 0.4) is 0 Å². The number of carbonyl (C=O) groups is 1. The molecule has 1 aliphatic rings. The SMILES string of the molecule is O=C1Nc2nccn2C[C@@H]1NC(c1ccccc1)(c1ccccc1)c1ccccc1. The van der Waals surface area contributed by atoms with Gasteiger partial charge in [0, 0.05) is 18.9 Å². The van der Waals surface area contributed by atoms with Gasteiger partial charge in [-0.05, 0) is 16.7 Å². The van der Waals surface area contributed by atoms with Gasteiger partial charge in [-0.2, -0.15) is 0 Å². The van der Waals surface area contributed by atoms with E-state index >= 15 is 0 Å². The number of hydrogen-bond donors (Lipinski definition) is 2. The van der Waals surface area contributed by atoms with Crippen LogP contribution in [0.15, 0.2) is 103 Å². The Kier molecular flexibility index (Phi) is 4.65. The Morgan fingerprint density at radius 3 is 1.83 bits per heavy atom. The van der Waals surface area contributed by atoms with E-state index in [0.717, 1.165) is 16.7 Å². The summed E-state index contributed by atoms with van der Waals surface area (Å²) in [6.07, 6.45) is 3.59. The van der Waals surface area contributed by atoms with Gasteiger partial charge in [-0.25, -0.2) is 4.98 Å². The highest BCUT2D eigenvalue weighted by molar-refractivity contribution is 5.95. The van der Waals surface area contributed by atoms with E-state index in [1.165, 1.54) is 0 Å². The molecule has 1 amide bonds. The van der Waals surface area contributed by atoms with Crippen molar-refractivity contribution < 1.29 is 4.79 Å². The van der Waals surface area contributed by atoms with E-state index < -0.39 is 11.6 Å². The first-order valence-corrected chi connectivity index (χ1v) is 10.0. The molecule has 5 nitrogen and oxygen atoms in total. The Labute approximate surface area is 175 Å². The van der Waals surface area contributed by atoms with Crippen LogP contribution in [0.25, 0.3) is 0 Å². The number of amides is 1. The molecule has 0 spiro atoms. The van der Waals surface area contributed by atoms with Crippen molar-refractivity contribution in [2.75, 3.05) is 5.32 Å². The predicted octanol–water partition coefficient (Wildman–Crippen LogP) is 3.79. The number of benzene rings is 3. The minimum atomic E-state index is -0.691. The van der Waals surface area contributed by atoms with Crippen molar-refractivity contribution in [2.24, 2.45) is 0 Å². The van der Waals surface area contributed by atoms with Crippen molar-refractivity contribution in [2.45, 2.75) is 18.1 Å². The number of nitrogens with zero attached hydrogens (tertiary/aromatic N) is 2. The van der Waals surface area contributed by atoms with Gasteiger partial charge in [0.15, 0.2) is 0 Å². The van der Waals surface area contributed by atoms with Crippen LogP contribution in [0.2, 0.25) is 0 Å². The fourth-order valence-corrected chi connectivity index (χ4v) is 4.24. The maximum Gasteiger partial charge on any atom is 0.245 e. The van der Waals surface area contributed by atoms with Crippen LogP contribution in [0.5, 0.6) is 0 Å². The number of nitrogens with one attached hydrogen (secondary N) is 2. The minimum absolute atomic E-state index is 0.0825. The number of imidazole rings is 1. The zero-order valence-electron chi connectivity index (χ0n) is 16.4. The van der Waals surface area contributed by atoms with Gasteiger partial charge in [0.1, 0.15) is 6.04 Å². The first kappa shape index (κ1) is 18.3. The normalized spacial score (nSPS) is 16.0. The quantitative estimate of drug-likeness (QED) is 0.507. The van der Waals surface area contributed by atoms with Gasteiger partial charge < -0.3 is 4.57 Å². The molecule has 0 aliphatic carbocycles. The lowest BCUT2D eigenvalue weighted by Gasteiger charge is -2.40. The maximum atomic E-state index is 13.0. The number of aromatic nitrogens is 2. The molecule has 3 aromatic carbocycles. The van der Waals surface area contributed by atoms with Crippen molar-refractivity contribution in [1.82, 2.24) is 14.9 Å². The van der Waals surface area contributed by atoms with Gasteiger partial charge in [-0.1, -0.05) is 91.0 Å². The molecule has 30 heavy (non-hydrogen) atoms. The molecule has 148 valence electrons. The fraction of sp³-hybridized carbons (Fsp3) is 0.120. The van der Waals surface area contributed by atoms with Crippen molar-refractivity contribution >= 4 is 11.9 Å². The highest BCUT2D eigenvalue weighted by Gasteiger charge is 2.41. The zero-order chi connectivity index (χ0) is 20.4. The van der Waals surface area contributed by atoms with Crippen molar-refractivity contribution in [3.63, 3.8) is 0 Å². The Morgan fingerprint density at radius 2 is 1.33 bits per heavy atom. The molecule has 0 saturated carbocycles. The second kappa shape index (κ2) is 7.61. The summed E-state index contributed by atoms with van der Waals surface area (Å²) in [7, 11) is 0. The molecule has 0 unspecified atom stereocenters. The summed E-state index contributed by atoms with van der Waals surface area (Å²) in [5, 5.41) is 6.66. The Balaban J connectivity index is 1.69. The van der Waals surface area contributed by atoms with E-state index in [4.69, 9.17) is 0 Å². The van der Waals surface area contributed by atoms with Crippen molar-refractivity contribution in [3.05, 3.63) is 120 Å². The third-order valence-corrected chi connectivity index (χ3v) is 5.66. The van der Waals surface area contributed by atoms with Crippen molar-refractivity contribution in [3.8, 4) is 0 Å². The molecule has 4 aromatic rings. The van der Waals surface area contributed by atoms with E-state index in [0.29, 0.717) is 12.5 Å². The molecule has 1 aromatic heterocycles. The second-order valence-electron chi connectivity index (χ2n) is 7.44. The average molecular weight is 394 g/mol. The summed E-state index contributed by atoms with van der Waals surface area (Å²) < 4.78 is 1.96. The highest BCUT2D eigenvalue weighted by atomic mass is 16.2. The van der Waals surface area contributed by atoms with Crippen LogP contribution in [-0.4, -0.2) is 21.5 Å².